The molecule has 6 amide bonds. The van der Waals surface area contributed by atoms with E-state index in [1.54, 1.807) is 20.8 Å². The van der Waals surface area contributed by atoms with Gasteiger partial charge < -0.3 is 48.1 Å². The molecule has 0 spiro atoms. The largest absolute Gasteiger partial charge is 0.480 e. The minimum Gasteiger partial charge on any atom is -0.480 e. The molecule has 17 nitrogen and oxygen atoms in total. The van der Waals surface area contributed by atoms with Crippen LogP contribution in [0.3, 0.4) is 0 Å². The van der Waals surface area contributed by atoms with Crippen molar-refractivity contribution in [3.05, 3.63) is 18.2 Å². The van der Waals surface area contributed by atoms with Crippen molar-refractivity contribution >= 4 is 41.4 Å². The molecule has 11 N–H and O–H groups in total. The third-order valence-corrected chi connectivity index (χ3v) is 8.40. The first-order valence-electron chi connectivity index (χ1n) is 17.5. The van der Waals surface area contributed by atoms with Gasteiger partial charge in [0.05, 0.1) is 12.4 Å². The summed E-state index contributed by atoms with van der Waals surface area (Å²) in [5.41, 5.74) is 11.9. The number of amides is 6. The van der Waals surface area contributed by atoms with E-state index in [1.165, 1.54) is 12.5 Å². The Balaban J connectivity index is 3.33. The molecule has 0 aromatic carbocycles. The summed E-state index contributed by atoms with van der Waals surface area (Å²) in [5.74, 6) is -6.21. The standard InChI is InChI=1S/C34H59N9O8/c1-9-20(8)28(33(49)42-25(34(50)51)13-18(4)5)43-31(47)23(12-17(2)3)40-29(45)22(10-11-26(35)44)39-30(46)24(14-21-15-37-16-38-21)41-32(48)27(36)19(6)7/h15-20,22-25,27-28H,9-14,36H2,1-8H3,(H2,35,44)(H,37,38)(H,39,46)(H,40,45)(H,41,48)(H,42,49)(H,43,47)(H,50,51)/t20-,22-,23-,24-,25-,27-,28-/m0/s1. The van der Waals surface area contributed by atoms with Crippen molar-refractivity contribution in [1.82, 2.24) is 36.6 Å². The summed E-state index contributed by atoms with van der Waals surface area (Å²) in [6.07, 6.45) is 3.14. The zero-order valence-electron chi connectivity index (χ0n) is 31.1. The molecule has 51 heavy (non-hydrogen) atoms. The second kappa shape index (κ2) is 21.6. The number of nitrogens with zero attached hydrogens (tertiary/aromatic N) is 1. The van der Waals surface area contributed by atoms with Crippen LogP contribution >= 0.6 is 0 Å². The summed E-state index contributed by atoms with van der Waals surface area (Å²) >= 11 is 0. The summed E-state index contributed by atoms with van der Waals surface area (Å²) in [5, 5.41) is 22.8. The number of primary amides is 1. The second-order valence-corrected chi connectivity index (χ2v) is 14.3. The first-order valence-corrected chi connectivity index (χ1v) is 17.5. The summed E-state index contributed by atoms with van der Waals surface area (Å²) in [6, 6.07) is -6.92. The number of aromatic amines is 1. The molecule has 1 heterocycles. The number of rotatable bonds is 23. The monoisotopic (exact) mass is 721 g/mol. The molecular formula is C34H59N9O8. The molecule has 0 saturated heterocycles. The van der Waals surface area contributed by atoms with E-state index in [-0.39, 0.29) is 49.9 Å². The van der Waals surface area contributed by atoms with Gasteiger partial charge in [-0.15, -0.1) is 0 Å². The van der Waals surface area contributed by atoms with Crippen LogP contribution in [-0.4, -0.2) is 92.7 Å². The lowest BCUT2D eigenvalue weighted by Gasteiger charge is -2.29. The lowest BCUT2D eigenvalue weighted by molar-refractivity contribution is -0.143. The maximum atomic E-state index is 13.8. The van der Waals surface area contributed by atoms with Crippen molar-refractivity contribution in [1.29, 1.82) is 0 Å². The molecular weight excluding hydrogens is 662 g/mol. The highest BCUT2D eigenvalue weighted by atomic mass is 16.4. The summed E-state index contributed by atoms with van der Waals surface area (Å²) < 4.78 is 0. The molecule has 0 unspecified atom stereocenters. The van der Waals surface area contributed by atoms with Gasteiger partial charge in [0.2, 0.25) is 35.4 Å². The van der Waals surface area contributed by atoms with Gasteiger partial charge in [-0.3, -0.25) is 28.8 Å². The third-order valence-electron chi connectivity index (χ3n) is 8.40. The number of carbonyl (C=O) groups is 7. The van der Waals surface area contributed by atoms with Crippen molar-refractivity contribution in [3.63, 3.8) is 0 Å². The van der Waals surface area contributed by atoms with Gasteiger partial charge in [-0.2, -0.15) is 0 Å². The van der Waals surface area contributed by atoms with Gasteiger partial charge in [0.1, 0.15) is 30.2 Å². The smallest absolute Gasteiger partial charge is 0.326 e. The Morgan fingerprint density at radius 3 is 1.75 bits per heavy atom. The Morgan fingerprint density at radius 2 is 1.25 bits per heavy atom. The van der Waals surface area contributed by atoms with Gasteiger partial charge in [0.25, 0.3) is 0 Å². The van der Waals surface area contributed by atoms with E-state index in [9.17, 15) is 38.7 Å². The Bertz CT molecular complexity index is 1320. The van der Waals surface area contributed by atoms with E-state index in [2.05, 4.69) is 36.6 Å². The van der Waals surface area contributed by atoms with Crippen LogP contribution in [0.25, 0.3) is 0 Å². The molecule has 1 aromatic heterocycles. The van der Waals surface area contributed by atoms with Crippen LogP contribution < -0.4 is 38.1 Å². The number of hydrogen-bond acceptors (Lipinski definition) is 9. The molecule has 0 aliphatic carbocycles. The van der Waals surface area contributed by atoms with Crippen LogP contribution in [0.15, 0.2) is 12.5 Å². The van der Waals surface area contributed by atoms with Gasteiger partial charge in [-0.25, -0.2) is 9.78 Å². The van der Waals surface area contributed by atoms with E-state index >= 15 is 0 Å². The van der Waals surface area contributed by atoms with Gasteiger partial charge in [0, 0.05) is 24.7 Å². The minimum atomic E-state index is -1.35. The van der Waals surface area contributed by atoms with Crippen LogP contribution in [-0.2, 0) is 40.0 Å². The highest BCUT2D eigenvalue weighted by Crippen LogP contribution is 2.13. The molecule has 17 heteroatoms. The zero-order chi connectivity index (χ0) is 39.0. The summed E-state index contributed by atoms with van der Waals surface area (Å²) in [4.78, 5) is 97.7. The van der Waals surface area contributed by atoms with Crippen molar-refractivity contribution in [2.75, 3.05) is 0 Å². The molecule has 288 valence electrons. The molecule has 0 fully saturated rings. The number of aromatic nitrogens is 2. The number of aliphatic carboxylic acids is 1. The molecule has 0 saturated carbocycles. The lowest BCUT2D eigenvalue weighted by Crippen LogP contribution is -2.60. The number of nitrogens with two attached hydrogens (primary N) is 2. The summed E-state index contributed by atoms with van der Waals surface area (Å²) in [6.45, 7) is 14.4. The predicted octanol–water partition coefficient (Wildman–Crippen LogP) is -0.152. The maximum absolute atomic E-state index is 13.8. The van der Waals surface area contributed by atoms with Crippen molar-refractivity contribution in [3.8, 4) is 0 Å². The number of nitrogens with one attached hydrogen (secondary N) is 6. The molecule has 0 radical (unpaired) electrons. The first-order chi connectivity index (χ1) is 23.8. The number of carboxylic acid groups (broad SMARTS) is 1. The van der Waals surface area contributed by atoms with Crippen LogP contribution in [0.1, 0.15) is 93.2 Å². The van der Waals surface area contributed by atoms with Crippen molar-refractivity contribution in [2.45, 2.75) is 130 Å². The SMILES string of the molecule is CC[C@H](C)[C@H](NC(=O)[C@H](CC(C)C)NC(=O)[C@H](CCC(N)=O)NC(=O)[C@H](Cc1cnc[nH]1)NC(=O)[C@@H](N)C(C)C)C(=O)N[C@@H](CC(C)C)C(=O)O. The topological polar surface area (TPSA) is 281 Å². The van der Waals surface area contributed by atoms with E-state index in [0.29, 0.717) is 12.1 Å². The van der Waals surface area contributed by atoms with E-state index in [1.807, 2.05) is 34.6 Å². The number of imidazole rings is 1. The van der Waals surface area contributed by atoms with Gasteiger partial charge in [-0.1, -0.05) is 61.8 Å². The minimum absolute atomic E-state index is 0.0219. The fourth-order valence-electron chi connectivity index (χ4n) is 5.11. The summed E-state index contributed by atoms with van der Waals surface area (Å²) in [7, 11) is 0. The Hall–Kier alpha value is -4.54. The molecule has 0 bridgehead atoms. The van der Waals surface area contributed by atoms with E-state index in [4.69, 9.17) is 11.5 Å². The second-order valence-electron chi connectivity index (χ2n) is 14.3. The van der Waals surface area contributed by atoms with Crippen LogP contribution in [0, 0.1) is 23.7 Å². The number of hydrogen-bond donors (Lipinski definition) is 9. The number of carbonyl (C=O) groups excluding carboxylic acids is 6. The van der Waals surface area contributed by atoms with E-state index in [0.717, 1.165) is 0 Å². The molecule has 1 aromatic rings. The fraction of sp³-hybridized carbons (Fsp3) is 0.706. The van der Waals surface area contributed by atoms with Crippen molar-refractivity contribution in [2.24, 2.45) is 35.1 Å². The van der Waals surface area contributed by atoms with Crippen LogP contribution in [0.2, 0.25) is 0 Å². The average Bonchev–Trinajstić information content (AvgIpc) is 3.55. The Kier molecular flexibility index (Phi) is 18.9. The fourth-order valence-corrected chi connectivity index (χ4v) is 5.11. The van der Waals surface area contributed by atoms with Gasteiger partial charge in [0.15, 0.2) is 0 Å². The highest BCUT2D eigenvalue weighted by molar-refractivity contribution is 5.96. The normalized spacial score (nSPS) is 15.5. The van der Waals surface area contributed by atoms with Gasteiger partial charge in [-0.05, 0) is 42.9 Å². The Morgan fingerprint density at radius 1 is 0.745 bits per heavy atom. The highest BCUT2D eigenvalue weighted by Gasteiger charge is 2.35. The van der Waals surface area contributed by atoms with E-state index < -0.39 is 83.6 Å². The molecule has 0 aliphatic heterocycles. The first kappa shape index (κ1) is 44.5. The van der Waals surface area contributed by atoms with Crippen LogP contribution in [0.4, 0.5) is 0 Å². The quantitative estimate of drug-likeness (QED) is 0.0720. The zero-order valence-corrected chi connectivity index (χ0v) is 31.1. The molecule has 0 aliphatic rings. The molecule has 1 rings (SSSR count). The number of carboxylic acids is 1. The lowest BCUT2D eigenvalue weighted by atomic mass is 9.95. The molecule has 7 atom stereocenters. The average molecular weight is 722 g/mol. The third kappa shape index (κ3) is 15.9. The van der Waals surface area contributed by atoms with Crippen LogP contribution in [0.5, 0.6) is 0 Å². The van der Waals surface area contributed by atoms with Crippen molar-refractivity contribution < 1.29 is 38.7 Å². The Labute approximate surface area is 300 Å². The maximum Gasteiger partial charge on any atom is 0.326 e. The number of H-pyrrole nitrogens is 1. The van der Waals surface area contributed by atoms with Gasteiger partial charge >= 0.3 is 5.97 Å². The predicted molar refractivity (Wildman–Crippen MR) is 189 cm³/mol.